The zero-order valence-corrected chi connectivity index (χ0v) is 10.8. The van der Waals surface area contributed by atoms with E-state index in [-0.39, 0.29) is 0 Å². The molecule has 0 spiro atoms. The predicted octanol–water partition coefficient (Wildman–Crippen LogP) is 3.76. The predicted molar refractivity (Wildman–Crippen MR) is 72.5 cm³/mol. The fraction of sp³-hybridized carbons (Fsp3) is 0.467. The minimum Gasteiger partial charge on any atom is -0.316 e. The summed E-state index contributed by atoms with van der Waals surface area (Å²) in [6.45, 7) is 12.4. The van der Waals surface area contributed by atoms with E-state index in [1.807, 2.05) is 0 Å². The molecule has 0 aromatic heterocycles. The first kappa shape index (κ1) is 13.0. The maximum absolute atomic E-state index is 3.99. The molecule has 0 aromatic rings. The van der Waals surface area contributed by atoms with E-state index in [2.05, 4.69) is 50.9 Å². The smallest absolute Gasteiger partial charge is 0.000812 e. The van der Waals surface area contributed by atoms with Crippen molar-refractivity contribution in [2.24, 2.45) is 0 Å². The first-order chi connectivity index (χ1) is 7.65. The molecule has 1 heteroatoms. The zero-order valence-electron chi connectivity index (χ0n) is 10.8. The molecule has 0 atom stereocenters. The molecule has 0 aromatic carbocycles. The molecule has 1 aliphatic heterocycles. The standard InChI is InChI=1S/C15H23N/c1-5-6-14-7-9-16-10-8-15(14)11-13(4)12(2)3/h5-6,11,16H,2,7-10H2,1,3-4H3/b6-5-,13-11-. The second-order valence-corrected chi connectivity index (χ2v) is 4.41. The third kappa shape index (κ3) is 3.82. The summed E-state index contributed by atoms with van der Waals surface area (Å²) >= 11 is 0. The number of hydrogen-bond donors (Lipinski definition) is 1. The molecule has 0 radical (unpaired) electrons. The summed E-state index contributed by atoms with van der Waals surface area (Å²) in [7, 11) is 0. The fourth-order valence-electron chi connectivity index (χ4n) is 1.83. The number of allylic oxidation sites excluding steroid dienone is 5. The Kier molecular flexibility index (Phi) is 5.27. The quantitative estimate of drug-likeness (QED) is 0.710. The molecule has 0 bridgehead atoms. The molecule has 88 valence electrons. The van der Waals surface area contributed by atoms with Crippen molar-refractivity contribution in [1.29, 1.82) is 0 Å². The van der Waals surface area contributed by atoms with Crippen LogP contribution in [-0.2, 0) is 0 Å². The molecule has 0 amide bonds. The van der Waals surface area contributed by atoms with Crippen LogP contribution in [0.25, 0.3) is 0 Å². The van der Waals surface area contributed by atoms with Crippen molar-refractivity contribution in [2.75, 3.05) is 13.1 Å². The highest BCUT2D eigenvalue weighted by Crippen LogP contribution is 2.20. The van der Waals surface area contributed by atoms with Gasteiger partial charge >= 0.3 is 0 Å². The first-order valence-electron chi connectivity index (χ1n) is 6.04. The van der Waals surface area contributed by atoms with Gasteiger partial charge in [0.1, 0.15) is 0 Å². The molecular weight excluding hydrogens is 194 g/mol. The topological polar surface area (TPSA) is 12.0 Å². The van der Waals surface area contributed by atoms with Gasteiger partial charge in [0.15, 0.2) is 0 Å². The van der Waals surface area contributed by atoms with Gasteiger partial charge in [-0.25, -0.2) is 0 Å². The van der Waals surface area contributed by atoms with Crippen molar-refractivity contribution in [1.82, 2.24) is 5.32 Å². The summed E-state index contributed by atoms with van der Waals surface area (Å²) in [4.78, 5) is 0. The van der Waals surface area contributed by atoms with Crippen LogP contribution in [0.3, 0.4) is 0 Å². The maximum atomic E-state index is 3.99. The van der Waals surface area contributed by atoms with Crippen molar-refractivity contribution >= 4 is 0 Å². The van der Waals surface area contributed by atoms with Crippen LogP contribution >= 0.6 is 0 Å². The highest BCUT2D eigenvalue weighted by molar-refractivity contribution is 5.40. The van der Waals surface area contributed by atoms with E-state index in [1.165, 1.54) is 16.7 Å². The Bertz CT molecular complexity index is 342. The average Bonchev–Trinajstić information content (AvgIpc) is 2.45. The summed E-state index contributed by atoms with van der Waals surface area (Å²) < 4.78 is 0. The van der Waals surface area contributed by atoms with Gasteiger partial charge in [0.25, 0.3) is 0 Å². The van der Waals surface area contributed by atoms with Crippen LogP contribution in [-0.4, -0.2) is 13.1 Å². The van der Waals surface area contributed by atoms with Crippen LogP contribution in [0.2, 0.25) is 0 Å². The number of hydrogen-bond acceptors (Lipinski definition) is 1. The van der Waals surface area contributed by atoms with Gasteiger partial charge in [0.2, 0.25) is 0 Å². The zero-order chi connectivity index (χ0) is 12.0. The summed E-state index contributed by atoms with van der Waals surface area (Å²) in [5.41, 5.74) is 5.38. The van der Waals surface area contributed by atoms with Gasteiger partial charge in [0.05, 0.1) is 0 Å². The van der Waals surface area contributed by atoms with Crippen molar-refractivity contribution in [2.45, 2.75) is 33.6 Å². The molecule has 1 rings (SSSR count). The molecule has 1 heterocycles. The van der Waals surface area contributed by atoms with E-state index in [0.717, 1.165) is 31.5 Å². The minimum atomic E-state index is 1.08. The third-order valence-corrected chi connectivity index (χ3v) is 2.99. The Labute approximate surface area is 99.6 Å². The Morgan fingerprint density at radius 3 is 2.38 bits per heavy atom. The van der Waals surface area contributed by atoms with E-state index < -0.39 is 0 Å². The van der Waals surface area contributed by atoms with E-state index in [0.29, 0.717) is 0 Å². The molecule has 0 saturated carbocycles. The van der Waals surface area contributed by atoms with Gasteiger partial charge in [0, 0.05) is 0 Å². The summed E-state index contributed by atoms with van der Waals surface area (Å²) in [6, 6.07) is 0. The molecule has 0 fully saturated rings. The highest BCUT2D eigenvalue weighted by Gasteiger charge is 2.07. The highest BCUT2D eigenvalue weighted by atomic mass is 14.8. The summed E-state index contributed by atoms with van der Waals surface area (Å²) in [6.07, 6.45) is 8.91. The van der Waals surface area contributed by atoms with E-state index >= 15 is 0 Å². The van der Waals surface area contributed by atoms with E-state index in [9.17, 15) is 0 Å². The van der Waals surface area contributed by atoms with Crippen molar-refractivity contribution in [3.63, 3.8) is 0 Å². The molecule has 1 N–H and O–H groups in total. The molecule has 1 aliphatic rings. The second-order valence-electron chi connectivity index (χ2n) is 4.41. The number of nitrogens with one attached hydrogen (secondary N) is 1. The van der Waals surface area contributed by atoms with Gasteiger partial charge in [-0.2, -0.15) is 0 Å². The van der Waals surface area contributed by atoms with Gasteiger partial charge in [-0.3, -0.25) is 0 Å². The van der Waals surface area contributed by atoms with Crippen LogP contribution in [0.5, 0.6) is 0 Å². The van der Waals surface area contributed by atoms with Crippen LogP contribution < -0.4 is 5.32 Å². The van der Waals surface area contributed by atoms with E-state index in [1.54, 1.807) is 0 Å². The fourth-order valence-corrected chi connectivity index (χ4v) is 1.83. The van der Waals surface area contributed by atoms with Crippen LogP contribution in [0.15, 0.2) is 47.1 Å². The Morgan fingerprint density at radius 2 is 1.81 bits per heavy atom. The lowest BCUT2D eigenvalue weighted by atomic mass is 9.99. The molecule has 0 saturated heterocycles. The lowest BCUT2D eigenvalue weighted by molar-refractivity contribution is 0.709. The van der Waals surface area contributed by atoms with Crippen LogP contribution in [0, 0.1) is 0 Å². The van der Waals surface area contributed by atoms with Gasteiger partial charge in [-0.05, 0) is 63.4 Å². The Morgan fingerprint density at radius 1 is 1.19 bits per heavy atom. The van der Waals surface area contributed by atoms with Crippen LogP contribution in [0.1, 0.15) is 33.6 Å². The van der Waals surface area contributed by atoms with Crippen molar-refractivity contribution in [3.05, 3.63) is 47.1 Å². The number of rotatable bonds is 3. The van der Waals surface area contributed by atoms with E-state index in [4.69, 9.17) is 0 Å². The summed E-state index contributed by atoms with van der Waals surface area (Å²) in [5, 5.41) is 3.44. The molecular formula is C15H23N. The first-order valence-corrected chi connectivity index (χ1v) is 6.04. The lowest BCUT2D eigenvalue weighted by Gasteiger charge is -2.07. The van der Waals surface area contributed by atoms with Crippen molar-refractivity contribution in [3.8, 4) is 0 Å². The molecule has 0 unspecified atom stereocenters. The lowest BCUT2D eigenvalue weighted by Crippen LogP contribution is -2.14. The Balaban J connectivity index is 3.01. The molecule has 1 nitrogen and oxygen atoms in total. The van der Waals surface area contributed by atoms with Gasteiger partial charge in [-0.1, -0.05) is 30.4 Å². The molecule has 0 aliphatic carbocycles. The van der Waals surface area contributed by atoms with Crippen LogP contribution in [0.4, 0.5) is 0 Å². The second kappa shape index (κ2) is 6.49. The Hall–Kier alpha value is -1.08. The SMILES string of the molecule is C=C(C)/C(C)=C\C1=C(/C=C\C)CCNCC1. The third-order valence-electron chi connectivity index (χ3n) is 2.99. The normalized spacial score (nSPS) is 19.1. The molecule has 16 heavy (non-hydrogen) atoms. The largest absolute Gasteiger partial charge is 0.316 e. The average molecular weight is 217 g/mol. The maximum Gasteiger partial charge on any atom is -0.000812 e. The van der Waals surface area contributed by atoms with Crippen molar-refractivity contribution < 1.29 is 0 Å². The minimum absolute atomic E-state index is 1.08. The van der Waals surface area contributed by atoms with Gasteiger partial charge < -0.3 is 5.32 Å². The van der Waals surface area contributed by atoms with Gasteiger partial charge in [-0.15, -0.1) is 0 Å². The monoisotopic (exact) mass is 217 g/mol. The summed E-state index contributed by atoms with van der Waals surface area (Å²) in [5.74, 6) is 0.